The lowest BCUT2D eigenvalue weighted by Gasteiger charge is -2.52. The Morgan fingerprint density at radius 3 is 2.15 bits per heavy atom. The number of hydrogen-bond acceptors (Lipinski definition) is 20. The molecule has 1 aliphatic carbocycles. The number of allylic oxidation sites excluding steroid dienone is 3. The molecule has 1 saturated carbocycles. The lowest BCUT2D eigenvalue weighted by atomic mass is 9.65. The molecule has 21 heteroatoms. The fraction of sp³-hybridized carbons (Fsp3) is 0.781. The number of aliphatic hydroxyl groups is 7. The molecule has 5 saturated heterocycles. The summed E-state index contributed by atoms with van der Waals surface area (Å²) in [5.41, 5.74) is -0.359. The van der Waals surface area contributed by atoms with E-state index in [2.05, 4.69) is 19.7 Å². The number of ketones is 1. The van der Waals surface area contributed by atoms with E-state index in [9.17, 15) is 54.9 Å². The van der Waals surface area contributed by atoms with E-state index < -0.39 is 162 Å². The van der Waals surface area contributed by atoms with Crippen molar-refractivity contribution in [1.82, 2.24) is 0 Å². The van der Waals surface area contributed by atoms with Gasteiger partial charge in [0, 0.05) is 108 Å². The molecule has 2 spiro atoms. The molecule has 20 nitrogen and oxygen atoms in total. The molecular weight excluding hydrogens is 1120 g/mol. The van der Waals surface area contributed by atoms with Gasteiger partial charge in [-0.3, -0.25) is 19.2 Å². The average Bonchev–Trinajstić information content (AvgIpc) is 1.35. The van der Waals surface area contributed by atoms with Crippen LogP contribution >= 0.6 is 11.6 Å². The SMILES string of the molecule is C=C(Cl)C=C[C@@H](O)CC(=C)C[C@H]1C[C@@H]2[C@H](C)[C@@H](OC(=O)C[C@H]3C[C@H](OC(C)=O)C[C@@]4(C[C@@](C)(O)C[C@H](CC(=C)[C@@H](C)[C@H](OC(C)=O)[C@H](C)C(=O)C[C@@H]5C[C@H](OC)C[C@@]6(C[C@@H](O)C[C@H](C=CCCC[C@H]7O[C@](O)(C[C@H](O)[C@H]7C)[C@H]2O)O6)O5)O4)O3)[C@@H]1O. The van der Waals surface area contributed by atoms with E-state index in [1.807, 2.05) is 19.1 Å². The zero-order valence-electron chi connectivity index (χ0n) is 51.0. The van der Waals surface area contributed by atoms with Gasteiger partial charge in [-0.1, -0.05) is 88.4 Å². The summed E-state index contributed by atoms with van der Waals surface area (Å²) in [6, 6.07) is 0. The van der Waals surface area contributed by atoms with E-state index in [4.69, 9.17) is 54.2 Å². The summed E-state index contributed by atoms with van der Waals surface area (Å²) in [4.78, 5) is 54.4. The molecule has 0 aromatic carbocycles. The van der Waals surface area contributed by atoms with Crippen LogP contribution in [0.2, 0.25) is 0 Å². The highest BCUT2D eigenvalue weighted by Gasteiger charge is 2.57. The van der Waals surface area contributed by atoms with Crippen molar-refractivity contribution in [2.75, 3.05) is 7.11 Å². The predicted molar refractivity (Wildman–Crippen MR) is 311 cm³/mol. The van der Waals surface area contributed by atoms with Crippen LogP contribution in [-0.4, -0.2) is 175 Å². The number of ether oxygens (including phenoxy) is 9. The van der Waals surface area contributed by atoms with Crippen LogP contribution in [0.25, 0.3) is 0 Å². The number of halogens is 1. The third-order valence-corrected chi connectivity index (χ3v) is 19.1. The number of fused-ring (bicyclic) bond motifs is 8. The molecule has 0 radical (unpaired) electrons. The number of methoxy groups -OCH3 is 1. The first kappa shape index (κ1) is 69.0. The molecule has 7 aliphatic rings. The maximum Gasteiger partial charge on any atom is 0.308 e. The second-order valence-electron chi connectivity index (χ2n) is 26.5. The molecule has 7 N–H and O–H groups in total. The monoisotopic (exact) mass is 1220 g/mol. The first-order valence-electron chi connectivity index (χ1n) is 30.7. The van der Waals surface area contributed by atoms with E-state index in [1.54, 1.807) is 34.8 Å². The Kier molecular flexibility index (Phi) is 23.6. The Bertz CT molecular complexity index is 2430. The summed E-state index contributed by atoms with van der Waals surface area (Å²) in [5.74, 6) is -11.8. The first-order valence-corrected chi connectivity index (χ1v) is 31.0. The molecule has 0 aromatic rings. The van der Waals surface area contributed by atoms with Gasteiger partial charge in [-0.25, -0.2) is 0 Å². The first-order chi connectivity index (χ1) is 39.8. The van der Waals surface area contributed by atoms with Crippen molar-refractivity contribution < 1.29 is 97.6 Å². The minimum absolute atomic E-state index is 0.0157. The van der Waals surface area contributed by atoms with Crippen molar-refractivity contribution >= 4 is 35.3 Å². The molecule has 0 aromatic heterocycles. The highest BCUT2D eigenvalue weighted by Crippen LogP contribution is 2.49. The van der Waals surface area contributed by atoms with E-state index in [1.165, 1.54) is 26.0 Å². The van der Waals surface area contributed by atoms with Crippen molar-refractivity contribution in [3.63, 3.8) is 0 Å². The largest absolute Gasteiger partial charge is 0.462 e. The normalized spacial score (nSPS) is 44.1. The van der Waals surface area contributed by atoms with Crippen molar-refractivity contribution in [2.45, 2.75) is 272 Å². The van der Waals surface area contributed by atoms with Crippen LogP contribution in [0.15, 0.2) is 60.2 Å². The van der Waals surface area contributed by atoms with Gasteiger partial charge in [-0.05, 0) is 69.8 Å². The number of hydrogen-bond donors (Lipinski definition) is 7. The molecule has 6 aliphatic heterocycles. The lowest BCUT2D eigenvalue weighted by Crippen LogP contribution is -2.62. The van der Waals surface area contributed by atoms with Gasteiger partial charge in [0.05, 0.1) is 79.0 Å². The molecule has 24 atom stereocenters. The molecule has 6 heterocycles. The highest BCUT2D eigenvalue weighted by atomic mass is 35.5. The van der Waals surface area contributed by atoms with Crippen molar-refractivity contribution in [3.05, 3.63) is 60.2 Å². The summed E-state index contributed by atoms with van der Waals surface area (Å²) in [7, 11) is 1.58. The third kappa shape index (κ3) is 18.1. The standard InChI is InChI=1S/C64H97ClO20/c1-34(20-44(68)18-17-36(3)65)19-43-22-52-38(5)59(57(43)73)80-56(72)27-48-25-50(78-41(8)66)31-63(83-48)33-61(10,75)29-51(84-63)21-35(2)37(4)58(79-42(9)67)40(7)53(70)26-47-24-49(77-11)30-62(82-47)28-45(69)23-46(81-62)15-13-12-14-16-55-39(6)54(71)32-64(76,85-55)60(52)74/h13,15,17-18,37-40,43-52,54-55,57-60,68-69,71,73-76H,1-3,12,14,16,19-33H2,4-11H3/t37-,38+,39-,40-,43+,44-,45+,46+,47+,48-,49+,50+,51+,52-,54+,55-,57-,58+,59-,60+,61+,62-,63-,64-/m1/s1. The smallest absolute Gasteiger partial charge is 0.308 e. The second kappa shape index (κ2) is 29.0. The summed E-state index contributed by atoms with van der Waals surface area (Å²) in [6.07, 6.45) is -4.36. The molecule has 10 bridgehead atoms. The topological polar surface area (TPSA) is 293 Å². The Hall–Kier alpha value is -3.45. The summed E-state index contributed by atoms with van der Waals surface area (Å²) >= 11 is 5.91. The molecular formula is C64H97ClO20. The van der Waals surface area contributed by atoms with Gasteiger partial charge >= 0.3 is 17.9 Å². The molecule has 7 rings (SSSR count). The van der Waals surface area contributed by atoms with Gasteiger partial charge in [0.1, 0.15) is 30.2 Å². The zero-order chi connectivity index (χ0) is 62.5. The molecule has 0 amide bonds. The second-order valence-corrected chi connectivity index (χ2v) is 26.9. The van der Waals surface area contributed by atoms with Crippen LogP contribution < -0.4 is 0 Å². The van der Waals surface area contributed by atoms with E-state index in [0.717, 1.165) is 0 Å². The minimum Gasteiger partial charge on any atom is -0.462 e. The van der Waals surface area contributed by atoms with Gasteiger partial charge < -0.3 is 78.4 Å². The van der Waals surface area contributed by atoms with Crippen LogP contribution in [0, 0.1) is 35.5 Å². The van der Waals surface area contributed by atoms with Crippen molar-refractivity contribution in [3.8, 4) is 0 Å². The molecule has 0 unspecified atom stereocenters. The maximum atomic E-state index is 14.5. The molecule has 480 valence electrons. The lowest BCUT2D eigenvalue weighted by molar-refractivity contribution is -0.349. The van der Waals surface area contributed by atoms with E-state index in [0.29, 0.717) is 43.3 Å². The number of Topliss-reactive ketones (excluding diaryl/α,β-unsaturated/α-hetero) is 1. The van der Waals surface area contributed by atoms with Crippen LogP contribution in [0.1, 0.15) is 164 Å². The molecule has 6 fully saturated rings. The van der Waals surface area contributed by atoms with E-state index in [-0.39, 0.29) is 94.0 Å². The minimum atomic E-state index is -2.28. The maximum absolute atomic E-state index is 14.5. The highest BCUT2D eigenvalue weighted by molar-refractivity contribution is 6.30. The van der Waals surface area contributed by atoms with Crippen LogP contribution in [0.5, 0.6) is 0 Å². The van der Waals surface area contributed by atoms with Gasteiger partial charge in [-0.15, -0.1) is 0 Å². The summed E-state index contributed by atoms with van der Waals surface area (Å²) in [5, 5.41) is 83.1. The van der Waals surface area contributed by atoms with Crippen LogP contribution in [0.4, 0.5) is 0 Å². The summed E-state index contributed by atoms with van der Waals surface area (Å²) < 4.78 is 57.2. The quantitative estimate of drug-likeness (QED) is 0.0542. The zero-order valence-corrected chi connectivity index (χ0v) is 51.8. The van der Waals surface area contributed by atoms with Crippen molar-refractivity contribution in [1.29, 1.82) is 0 Å². The predicted octanol–water partition coefficient (Wildman–Crippen LogP) is 6.78. The van der Waals surface area contributed by atoms with Crippen LogP contribution in [0.3, 0.4) is 0 Å². The Morgan fingerprint density at radius 1 is 0.812 bits per heavy atom. The van der Waals surface area contributed by atoms with Gasteiger partial charge in [0.2, 0.25) is 0 Å². The number of aliphatic hydroxyl groups excluding tert-OH is 5. The number of carbonyl (C=O) groups excluding carboxylic acids is 4. The van der Waals surface area contributed by atoms with E-state index >= 15 is 0 Å². The number of rotatable bonds is 9. The Morgan fingerprint density at radius 2 is 1.47 bits per heavy atom. The van der Waals surface area contributed by atoms with Crippen molar-refractivity contribution in [2.24, 2.45) is 35.5 Å². The third-order valence-electron chi connectivity index (χ3n) is 19.0. The summed E-state index contributed by atoms with van der Waals surface area (Å²) in [6.45, 7) is 23.4. The molecule has 85 heavy (non-hydrogen) atoms. The fourth-order valence-electron chi connectivity index (χ4n) is 14.8. The average molecular weight is 1220 g/mol. The Labute approximate surface area is 506 Å². The van der Waals surface area contributed by atoms with Gasteiger partial charge in [-0.2, -0.15) is 0 Å². The Balaban J connectivity index is 1.22. The number of carbonyl (C=O) groups is 4. The number of esters is 3. The van der Waals surface area contributed by atoms with Gasteiger partial charge in [0.25, 0.3) is 0 Å². The van der Waals surface area contributed by atoms with Crippen LogP contribution in [-0.2, 0) is 61.8 Å². The fourth-order valence-corrected chi connectivity index (χ4v) is 14.9. The van der Waals surface area contributed by atoms with Gasteiger partial charge in [0.15, 0.2) is 17.4 Å².